The highest BCUT2D eigenvalue weighted by atomic mass is 32.2. The summed E-state index contributed by atoms with van der Waals surface area (Å²) >= 11 is 1.33. The van der Waals surface area contributed by atoms with E-state index in [9.17, 15) is 12.8 Å². The number of sulfonamides is 1. The van der Waals surface area contributed by atoms with Gasteiger partial charge in [0.1, 0.15) is 10.7 Å². The SMILES string of the molecule is Cc1nc(-c2ccco2)sc1CNS(=O)(=O)c1ccccc1F. The molecule has 3 aromatic rings. The number of furan rings is 1. The molecule has 0 atom stereocenters. The van der Waals surface area contributed by atoms with Crippen molar-refractivity contribution >= 4 is 21.4 Å². The predicted octanol–water partition coefficient (Wildman–Crippen LogP) is 3.33. The molecule has 0 aliphatic rings. The molecule has 0 amide bonds. The molecule has 0 bridgehead atoms. The largest absolute Gasteiger partial charge is 0.462 e. The second-order valence-electron chi connectivity index (χ2n) is 4.76. The molecule has 0 unspecified atom stereocenters. The van der Waals surface area contributed by atoms with Crippen LogP contribution in [-0.2, 0) is 16.6 Å². The monoisotopic (exact) mass is 352 g/mol. The van der Waals surface area contributed by atoms with Crippen LogP contribution in [0.4, 0.5) is 4.39 Å². The number of hydrogen-bond acceptors (Lipinski definition) is 5. The Hall–Kier alpha value is -2.03. The molecule has 0 spiro atoms. The van der Waals surface area contributed by atoms with Crippen molar-refractivity contribution in [2.45, 2.75) is 18.4 Å². The minimum Gasteiger partial charge on any atom is -0.462 e. The maximum absolute atomic E-state index is 13.6. The van der Waals surface area contributed by atoms with E-state index in [0.717, 1.165) is 10.9 Å². The van der Waals surface area contributed by atoms with E-state index in [0.29, 0.717) is 16.5 Å². The van der Waals surface area contributed by atoms with Crippen LogP contribution in [0.25, 0.3) is 10.8 Å². The number of nitrogens with one attached hydrogen (secondary N) is 1. The van der Waals surface area contributed by atoms with Crippen molar-refractivity contribution in [1.82, 2.24) is 9.71 Å². The summed E-state index contributed by atoms with van der Waals surface area (Å²) in [5.74, 6) is -0.154. The summed E-state index contributed by atoms with van der Waals surface area (Å²) in [6, 6.07) is 8.80. The molecule has 1 N–H and O–H groups in total. The van der Waals surface area contributed by atoms with Crippen molar-refractivity contribution in [3.63, 3.8) is 0 Å². The van der Waals surface area contributed by atoms with Crippen molar-refractivity contribution in [2.24, 2.45) is 0 Å². The Morgan fingerprint density at radius 1 is 1.26 bits per heavy atom. The number of benzene rings is 1. The molecule has 0 saturated heterocycles. The molecular weight excluding hydrogens is 339 g/mol. The standard InChI is InChI=1S/C15H13FN2O3S2/c1-10-13(22-15(18-10)12-6-4-8-21-12)9-17-23(19,20)14-7-3-2-5-11(14)16/h2-8,17H,9H2,1H3. The van der Waals surface area contributed by atoms with E-state index >= 15 is 0 Å². The molecule has 0 fully saturated rings. The molecule has 5 nitrogen and oxygen atoms in total. The fourth-order valence-corrected chi connectivity index (χ4v) is 4.13. The first-order valence-electron chi connectivity index (χ1n) is 6.72. The minimum absolute atomic E-state index is 0.0425. The topological polar surface area (TPSA) is 72.2 Å². The van der Waals surface area contributed by atoms with Gasteiger partial charge in [0.15, 0.2) is 10.8 Å². The summed E-state index contributed by atoms with van der Waals surface area (Å²) in [5.41, 5.74) is 0.706. The summed E-state index contributed by atoms with van der Waals surface area (Å²) in [4.78, 5) is 4.74. The van der Waals surface area contributed by atoms with Crippen LogP contribution in [0.2, 0.25) is 0 Å². The Balaban J connectivity index is 1.80. The average Bonchev–Trinajstić information content (AvgIpc) is 3.15. The van der Waals surface area contributed by atoms with E-state index in [1.807, 2.05) is 0 Å². The third-order valence-corrected chi connectivity index (χ3v) is 5.78. The van der Waals surface area contributed by atoms with Crippen LogP contribution in [0, 0.1) is 12.7 Å². The number of aromatic nitrogens is 1. The first-order valence-corrected chi connectivity index (χ1v) is 9.02. The number of halogens is 1. The summed E-state index contributed by atoms with van der Waals surface area (Å²) in [7, 11) is -3.92. The molecule has 23 heavy (non-hydrogen) atoms. The molecule has 1 aromatic carbocycles. The maximum Gasteiger partial charge on any atom is 0.243 e. The first-order chi connectivity index (χ1) is 11.0. The highest BCUT2D eigenvalue weighted by Gasteiger charge is 2.19. The molecule has 8 heteroatoms. The molecule has 120 valence electrons. The molecule has 2 heterocycles. The van der Waals surface area contributed by atoms with Crippen LogP contribution < -0.4 is 4.72 Å². The minimum atomic E-state index is -3.92. The van der Waals surface area contributed by atoms with Crippen LogP contribution in [0.5, 0.6) is 0 Å². The fourth-order valence-electron chi connectivity index (χ4n) is 2.00. The van der Waals surface area contributed by atoms with Gasteiger partial charge in [-0.1, -0.05) is 12.1 Å². The average molecular weight is 352 g/mol. The van der Waals surface area contributed by atoms with Gasteiger partial charge in [0.25, 0.3) is 0 Å². The van der Waals surface area contributed by atoms with Gasteiger partial charge in [0.2, 0.25) is 10.0 Å². The first kappa shape index (κ1) is 15.9. The lowest BCUT2D eigenvalue weighted by atomic mass is 10.4. The molecule has 0 aliphatic heterocycles. The molecule has 2 aromatic heterocycles. The Labute approximate surface area is 136 Å². The summed E-state index contributed by atoms with van der Waals surface area (Å²) in [5, 5.41) is 0.674. The van der Waals surface area contributed by atoms with E-state index in [1.54, 1.807) is 25.3 Å². The maximum atomic E-state index is 13.6. The van der Waals surface area contributed by atoms with Gasteiger partial charge in [-0.05, 0) is 31.2 Å². The third kappa shape index (κ3) is 3.34. The normalized spacial score (nSPS) is 11.7. The lowest BCUT2D eigenvalue weighted by molar-refractivity contribution is 0.557. The van der Waals surface area contributed by atoms with Gasteiger partial charge in [-0.2, -0.15) is 0 Å². The fraction of sp³-hybridized carbons (Fsp3) is 0.133. The predicted molar refractivity (Wildman–Crippen MR) is 85.0 cm³/mol. The van der Waals surface area contributed by atoms with E-state index in [4.69, 9.17) is 4.42 Å². The zero-order valence-corrected chi connectivity index (χ0v) is 13.7. The summed E-state index contributed by atoms with van der Waals surface area (Å²) < 4.78 is 45.7. The van der Waals surface area contributed by atoms with E-state index in [-0.39, 0.29) is 11.4 Å². The van der Waals surface area contributed by atoms with E-state index < -0.39 is 15.8 Å². The van der Waals surface area contributed by atoms with Crippen molar-refractivity contribution in [3.8, 4) is 10.8 Å². The lowest BCUT2D eigenvalue weighted by Gasteiger charge is -2.06. The highest BCUT2D eigenvalue weighted by molar-refractivity contribution is 7.89. The van der Waals surface area contributed by atoms with Crippen LogP contribution in [0.1, 0.15) is 10.6 Å². The number of rotatable bonds is 5. The molecular formula is C15H13FN2O3S2. The van der Waals surface area contributed by atoms with Gasteiger partial charge in [0.05, 0.1) is 12.0 Å². The third-order valence-electron chi connectivity index (χ3n) is 3.17. The number of aryl methyl sites for hydroxylation is 1. The number of hydrogen-bond donors (Lipinski definition) is 1. The van der Waals surface area contributed by atoms with Gasteiger partial charge in [0, 0.05) is 11.4 Å². The molecule has 3 rings (SSSR count). The van der Waals surface area contributed by atoms with Gasteiger partial charge in [-0.15, -0.1) is 11.3 Å². The Morgan fingerprint density at radius 2 is 2.04 bits per heavy atom. The second kappa shape index (κ2) is 6.23. The van der Waals surface area contributed by atoms with E-state index in [1.165, 1.54) is 29.5 Å². The Kier molecular flexibility index (Phi) is 4.29. The molecule has 0 aliphatic carbocycles. The van der Waals surface area contributed by atoms with Gasteiger partial charge >= 0.3 is 0 Å². The Bertz CT molecular complexity index is 918. The summed E-state index contributed by atoms with van der Waals surface area (Å²) in [6.07, 6.45) is 1.55. The van der Waals surface area contributed by atoms with Gasteiger partial charge in [-0.3, -0.25) is 0 Å². The van der Waals surface area contributed by atoms with Gasteiger partial charge < -0.3 is 4.42 Å². The van der Waals surface area contributed by atoms with Gasteiger partial charge in [-0.25, -0.2) is 22.5 Å². The quantitative estimate of drug-likeness (QED) is 0.764. The zero-order valence-electron chi connectivity index (χ0n) is 12.1. The van der Waals surface area contributed by atoms with E-state index in [2.05, 4.69) is 9.71 Å². The summed E-state index contributed by atoms with van der Waals surface area (Å²) in [6.45, 7) is 1.83. The Morgan fingerprint density at radius 3 is 2.74 bits per heavy atom. The second-order valence-corrected chi connectivity index (χ2v) is 7.58. The van der Waals surface area contributed by atoms with Crippen LogP contribution in [0.15, 0.2) is 52.0 Å². The zero-order chi connectivity index (χ0) is 16.4. The highest BCUT2D eigenvalue weighted by Crippen LogP contribution is 2.28. The van der Waals surface area contributed by atoms with Crippen molar-refractivity contribution < 1.29 is 17.2 Å². The van der Waals surface area contributed by atoms with Crippen molar-refractivity contribution in [2.75, 3.05) is 0 Å². The smallest absolute Gasteiger partial charge is 0.243 e. The van der Waals surface area contributed by atoms with Crippen LogP contribution >= 0.6 is 11.3 Å². The van der Waals surface area contributed by atoms with Crippen LogP contribution in [-0.4, -0.2) is 13.4 Å². The molecule has 0 saturated carbocycles. The van der Waals surface area contributed by atoms with Crippen molar-refractivity contribution in [1.29, 1.82) is 0 Å². The lowest BCUT2D eigenvalue weighted by Crippen LogP contribution is -2.24. The molecule has 0 radical (unpaired) electrons. The number of thiazole rings is 1. The van der Waals surface area contributed by atoms with Crippen molar-refractivity contribution in [3.05, 3.63) is 59.0 Å². The number of nitrogens with zero attached hydrogens (tertiary/aromatic N) is 1. The van der Waals surface area contributed by atoms with Crippen LogP contribution in [0.3, 0.4) is 0 Å².